The lowest BCUT2D eigenvalue weighted by Gasteiger charge is -2.19. The van der Waals surface area contributed by atoms with Gasteiger partial charge in [0.15, 0.2) is 0 Å². The Morgan fingerprint density at radius 3 is 2.40 bits per heavy atom. The number of hydrogen-bond acceptors (Lipinski definition) is 5. The van der Waals surface area contributed by atoms with Crippen LogP contribution in [0.5, 0.6) is 0 Å². The highest BCUT2D eigenvalue weighted by molar-refractivity contribution is 6.07. The maximum atomic E-state index is 12.8. The van der Waals surface area contributed by atoms with Crippen molar-refractivity contribution in [1.29, 1.82) is 0 Å². The molecule has 2 N–H and O–H groups in total. The number of aromatic nitrogens is 3. The van der Waals surface area contributed by atoms with Crippen LogP contribution in [0.2, 0.25) is 0 Å². The third-order valence-corrected chi connectivity index (χ3v) is 4.78. The van der Waals surface area contributed by atoms with Crippen LogP contribution in [0.3, 0.4) is 0 Å². The molecular weight excluding hydrogens is 374 g/mol. The fraction of sp³-hybridized carbons (Fsp3) is 0.167. The highest BCUT2D eigenvalue weighted by Gasteiger charge is 2.14. The van der Waals surface area contributed by atoms with Gasteiger partial charge in [-0.3, -0.25) is 9.78 Å². The summed E-state index contributed by atoms with van der Waals surface area (Å²) in [7, 11) is 0. The van der Waals surface area contributed by atoms with Gasteiger partial charge in [-0.1, -0.05) is 51.1 Å². The molecule has 0 aliphatic heterocycles. The number of para-hydroxylation sites is 1. The standard InChI is InChI=1S/C24H23N5O/c1-24(2,3)17-9-11-18(12-10-17)27-23-26-15-13-20(29-23)22(30)28-19-8-4-6-16-7-5-14-25-21(16)19/h4-15H,1-3H3,(H,28,30)(H,26,27,29). The number of fused-ring (bicyclic) bond motifs is 1. The Morgan fingerprint density at radius 2 is 1.63 bits per heavy atom. The minimum Gasteiger partial charge on any atom is -0.324 e. The molecule has 2 aromatic heterocycles. The van der Waals surface area contributed by atoms with Gasteiger partial charge in [-0.25, -0.2) is 9.97 Å². The molecule has 0 atom stereocenters. The zero-order chi connectivity index (χ0) is 21.1. The highest BCUT2D eigenvalue weighted by atomic mass is 16.1. The minimum absolute atomic E-state index is 0.0868. The molecule has 4 aromatic rings. The molecule has 30 heavy (non-hydrogen) atoms. The molecule has 2 heterocycles. The normalized spacial score (nSPS) is 11.3. The lowest BCUT2D eigenvalue weighted by Crippen LogP contribution is -2.15. The van der Waals surface area contributed by atoms with Crippen molar-refractivity contribution in [2.75, 3.05) is 10.6 Å². The van der Waals surface area contributed by atoms with Crippen LogP contribution < -0.4 is 10.6 Å². The third-order valence-electron chi connectivity index (χ3n) is 4.78. The van der Waals surface area contributed by atoms with E-state index in [0.717, 1.165) is 16.6 Å². The summed E-state index contributed by atoms with van der Waals surface area (Å²) in [6.45, 7) is 6.52. The van der Waals surface area contributed by atoms with Crippen molar-refractivity contribution >= 4 is 34.1 Å². The monoisotopic (exact) mass is 397 g/mol. The molecule has 0 bridgehead atoms. The second-order valence-electron chi connectivity index (χ2n) is 8.05. The molecule has 0 aliphatic rings. The van der Waals surface area contributed by atoms with E-state index in [0.29, 0.717) is 11.6 Å². The fourth-order valence-corrected chi connectivity index (χ4v) is 3.12. The predicted molar refractivity (Wildman–Crippen MR) is 120 cm³/mol. The number of nitrogens with one attached hydrogen (secondary N) is 2. The van der Waals surface area contributed by atoms with Gasteiger partial charge in [-0.2, -0.15) is 0 Å². The van der Waals surface area contributed by atoms with Crippen LogP contribution in [0.4, 0.5) is 17.3 Å². The van der Waals surface area contributed by atoms with E-state index in [9.17, 15) is 4.79 Å². The van der Waals surface area contributed by atoms with Crippen molar-refractivity contribution in [1.82, 2.24) is 15.0 Å². The van der Waals surface area contributed by atoms with Gasteiger partial charge >= 0.3 is 0 Å². The Hall–Kier alpha value is -3.80. The van der Waals surface area contributed by atoms with Crippen LogP contribution in [0, 0.1) is 0 Å². The van der Waals surface area contributed by atoms with Crippen molar-refractivity contribution in [3.05, 3.63) is 84.3 Å². The molecule has 1 amide bonds. The van der Waals surface area contributed by atoms with E-state index in [1.54, 1.807) is 18.5 Å². The topological polar surface area (TPSA) is 79.8 Å². The van der Waals surface area contributed by atoms with E-state index in [1.165, 1.54) is 5.56 Å². The molecule has 0 unspecified atom stereocenters. The van der Waals surface area contributed by atoms with E-state index >= 15 is 0 Å². The number of carbonyl (C=O) groups excluding carboxylic acids is 1. The van der Waals surface area contributed by atoms with Crippen molar-refractivity contribution in [3.63, 3.8) is 0 Å². The average molecular weight is 397 g/mol. The van der Waals surface area contributed by atoms with E-state index in [1.807, 2.05) is 42.5 Å². The summed E-state index contributed by atoms with van der Waals surface area (Å²) >= 11 is 0. The summed E-state index contributed by atoms with van der Waals surface area (Å²) in [6.07, 6.45) is 3.27. The molecule has 0 fully saturated rings. The molecule has 0 radical (unpaired) electrons. The summed E-state index contributed by atoms with van der Waals surface area (Å²) in [5.41, 5.74) is 3.84. The maximum Gasteiger partial charge on any atom is 0.274 e. The van der Waals surface area contributed by atoms with Gasteiger partial charge in [-0.05, 0) is 41.3 Å². The van der Waals surface area contributed by atoms with E-state index in [4.69, 9.17) is 0 Å². The van der Waals surface area contributed by atoms with Crippen molar-refractivity contribution in [2.45, 2.75) is 26.2 Å². The number of anilines is 3. The van der Waals surface area contributed by atoms with E-state index in [2.05, 4.69) is 58.5 Å². The van der Waals surface area contributed by atoms with Gasteiger partial charge in [0.05, 0.1) is 11.2 Å². The zero-order valence-electron chi connectivity index (χ0n) is 17.2. The van der Waals surface area contributed by atoms with Crippen molar-refractivity contribution in [3.8, 4) is 0 Å². The van der Waals surface area contributed by atoms with Crippen molar-refractivity contribution in [2.24, 2.45) is 0 Å². The van der Waals surface area contributed by atoms with Gasteiger partial charge in [0, 0.05) is 23.5 Å². The largest absolute Gasteiger partial charge is 0.324 e. The molecule has 0 saturated carbocycles. The first kappa shape index (κ1) is 19.5. The molecule has 0 saturated heterocycles. The highest BCUT2D eigenvalue weighted by Crippen LogP contribution is 2.24. The van der Waals surface area contributed by atoms with Crippen LogP contribution in [0.1, 0.15) is 36.8 Å². The van der Waals surface area contributed by atoms with Crippen LogP contribution in [-0.4, -0.2) is 20.9 Å². The van der Waals surface area contributed by atoms with Crippen LogP contribution >= 0.6 is 0 Å². The molecule has 6 heteroatoms. The number of carbonyl (C=O) groups is 1. The van der Waals surface area contributed by atoms with E-state index < -0.39 is 0 Å². The molecule has 6 nitrogen and oxygen atoms in total. The Labute approximate surface area is 175 Å². The Balaban J connectivity index is 1.52. The number of hydrogen-bond donors (Lipinski definition) is 2. The maximum absolute atomic E-state index is 12.8. The van der Waals surface area contributed by atoms with Crippen LogP contribution in [0.25, 0.3) is 10.9 Å². The number of rotatable bonds is 4. The van der Waals surface area contributed by atoms with Gasteiger partial charge in [0.25, 0.3) is 5.91 Å². The van der Waals surface area contributed by atoms with Crippen LogP contribution in [0.15, 0.2) is 73.1 Å². The van der Waals surface area contributed by atoms with Crippen LogP contribution in [-0.2, 0) is 5.41 Å². The first-order valence-corrected chi connectivity index (χ1v) is 9.76. The van der Waals surface area contributed by atoms with Gasteiger partial charge < -0.3 is 10.6 Å². The number of nitrogens with zero attached hydrogens (tertiary/aromatic N) is 3. The number of benzene rings is 2. The third kappa shape index (κ3) is 4.27. The molecular formula is C24H23N5O. The SMILES string of the molecule is CC(C)(C)c1ccc(Nc2nccc(C(=O)Nc3cccc4cccnc34)n2)cc1. The second-order valence-corrected chi connectivity index (χ2v) is 8.05. The lowest BCUT2D eigenvalue weighted by atomic mass is 9.87. The first-order chi connectivity index (χ1) is 14.4. The average Bonchev–Trinajstić information content (AvgIpc) is 2.74. The quantitative estimate of drug-likeness (QED) is 0.487. The summed E-state index contributed by atoms with van der Waals surface area (Å²) in [5.74, 6) is 0.0453. The lowest BCUT2D eigenvalue weighted by molar-refractivity contribution is 0.102. The molecule has 0 spiro atoms. The number of pyridine rings is 1. The van der Waals surface area contributed by atoms with Crippen molar-refractivity contribution < 1.29 is 4.79 Å². The Kier molecular flexibility index (Phi) is 5.14. The number of amides is 1. The Morgan fingerprint density at radius 1 is 0.867 bits per heavy atom. The molecule has 0 aliphatic carbocycles. The molecule has 150 valence electrons. The fourth-order valence-electron chi connectivity index (χ4n) is 3.12. The van der Waals surface area contributed by atoms with Gasteiger partial charge in [-0.15, -0.1) is 0 Å². The minimum atomic E-state index is -0.318. The van der Waals surface area contributed by atoms with E-state index in [-0.39, 0.29) is 17.0 Å². The summed E-state index contributed by atoms with van der Waals surface area (Å²) in [6, 6.07) is 19.2. The van der Waals surface area contributed by atoms with Gasteiger partial charge in [0.2, 0.25) is 5.95 Å². The Bertz CT molecular complexity index is 1190. The summed E-state index contributed by atoms with van der Waals surface area (Å²) in [4.78, 5) is 25.7. The molecule has 2 aromatic carbocycles. The predicted octanol–water partition coefficient (Wildman–Crippen LogP) is 5.32. The van der Waals surface area contributed by atoms with Gasteiger partial charge in [0.1, 0.15) is 5.69 Å². The zero-order valence-corrected chi connectivity index (χ0v) is 17.2. The first-order valence-electron chi connectivity index (χ1n) is 9.76. The summed E-state index contributed by atoms with van der Waals surface area (Å²) < 4.78 is 0. The molecule has 4 rings (SSSR count). The second kappa shape index (κ2) is 7.91. The summed E-state index contributed by atoms with van der Waals surface area (Å²) in [5, 5.41) is 7.01. The smallest absolute Gasteiger partial charge is 0.274 e.